The Kier molecular flexibility index (Phi) is 6.15. The number of carbonyl (C=O) groups excluding carboxylic acids is 1. The molecule has 1 aromatic heterocycles. The van der Waals surface area contributed by atoms with Crippen molar-refractivity contribution < 1.29 is 9.18 Å². The standard InChI is InChI=1S/C22H22FN3O/c1-16-3-2-4-18(13-16)15-26-22(27)21-14-20(10-12-25-21)24-11-9-17-5-7-19(23)8-6-17/h2-8,10,12-14H,9,11,15H2,1H3,(H,24,25)(H,26,27). The first-order chi connectivity index (χ1) is 13.1. The summed E-state index contributed by atoms with van der Waals surface area (Å²) in [6, 6.07) is 18.0. The van der Waals surface area contributed by atoms with E-state index in [-0.39, 0.29) is 11.7 Å². The van der Waals surface area contributed by atoms with Gasteiger partial charge in [0.2, 0.25) is 0 Å². The molecule has 2 aromatic carbocycles. The average Bonchev–Trinajstić information content (AvgIpc) is 2.68. The van der Waals surface area contributed by atoms with Gasteiger partial charge in [-0.15, -0.1) is 0 Å². The predicted molar refractivity (Wildman–Crippen MR) is 105 cm³/mol. The summed E-state index contributed by atoms with van der Waals surface area (Å²) in [5.41, 5.74) is 4.46. The summed E-state index contributed by atoms with van der Waals surface area (Å²) in [6.45, 7) is 3.17. The van der Waals surface area contributed by atoms with Crippen LogP contribution in [0.15, 0.2) is 66.9 Å². The molecule has 1 heterocycles. The molecule has 0 radical (unpaired) electrons. The van der Waals surface area contributed by atoms with Gasteiger partial charge in [0, 0.05) is 25.0 Å². The number of pyridine rings is 1. The number of hydrogen-bond acceptors (Lipinski definition) is 3. The third-order valence-corrected chi connectivity index (χ3v) is 4.18. The summed E-state index contributed by atoms with van der Waals surface area (Å²) in [7, 11) is 0. The largest absolute Gasteiger partial charge is 0.385 e. The van der Waals surface area contributed by atoms with Crippen molar-refractivity contribution >= 4 is 11.6 Å². The number of anilines is 1. The van der Waals surface area contributed by atoms with Crippen molar-refractivity contribution in [1.29, 1.82) is 0 Å². The van der Waals surface area contributed by atoms with Gasteiger partial charge in [-0.25, -0.2) is 4.39 Å². The fourth-order valence-electron chi connectivity index (χ4n) is 2.76. The van der Waals surface area contributed by atoms with Crippen molar-refractivity contribution in [3.8, 4) is 0 Å². The third kappa shape index (κ3) is 5.64. The van der Waals surface area contributed by atoms with Crippen LogP contribution < -0.4 is 10.6 Å². The Morgan fingerprint density at radius 2 is 1.85 bits per heavy atom. The number of aryl methyl sites for hydroxylation is 1. The number of hydrogen-bond donors (Lipinski definition) is 2. The lowest BCUT2D eigenvalue weighted by Gasteiger charge is -2.09. The van der Waals surface area contributed by atoms with E-state index in [0.29, 0.717) is 18.8 Å². The van der Waals surface area contributed by atoms with Crippen LogP contribution in [-0.4, -0.2) is 17.4 Å². The molecule has 0 fully saturated rings. The summed E-state index contributed by atoms with van der Waals surface area (Å²) in [6.07, 6.45) is 2.37. The molecule has 0 unspecified atom stereocenters. The van der Waals surface area contributed by atoms with Gasteiger partial charge in [0.15, 0.2) is 0 Å². The van der Waals surface area contributed by atoms with Crippen molar-refractivity contribution in [2.75, 3.05) is 11.9 Å². The van der Waals surface area contributed by atoms with Crippen LogP contribution in [-0.2, 0) is 13.0 Å². The van der Waals surface area contributed by atoms with E-state index >= 15 is 0 Å². The Labute approximate surface area is 158 Å². The highest BCUT2D eigenvalue weighted by Gasteiger charge is 2.08. The lowest BCUT2D eigenvalue weighted by Crippen LogP contribution is -2.24. The molecule has 0 aliphatic heterocycles. The minimum Gasteiger partial charge on any atom is -0.385 e. The Bertz CT molecular complexity index is 909. The van der Waals surface area contributed by atoms with Crippen LogP contribution >= 0.6 is 0 Å². The molecule has 0 saturated heterocycles. The van der Waals surface area contributed by atoms with E-state index in [4.69, 9.17) is 0 Å². The summed E-state index contributed by atoms with van der Waals surface area (Å²) in [5.74, 6) is -0.444. The topological polar surface area (TPSA) is 54.0 Å². The molecular formula is C22H22FN3O. The number of carbonyl (C=O) groups is 1. The van der Waals surface area contributed by atoms with E-state index in [9.17, 15) is 9.18 Å². The van der Waals surface area contributed by atoms with Gasteiger partial charge >= 0.3 is 0 Å². The molecular weight excluding hydrogens is 341 g/mol. The molecule has 0 atom stereocenters. The van der Waals surface area contributed by atoms with Crippen molar-refractivity contribution in [3.63, 3.8) is 0 Å². The van der Waals surface area contributed by atoms with E-state index < -0.39 is 0 Å². The Hall–Kier alpha value is -3.21. The first-order valence-electron chi connectivity index (χ1n) is 8.88. The molecule has 3 rings (SSSR count). The van der Waals surface area contributed by atoms with Gasteiger partial charge < -0.3 is 10.6 Å². The van der Waals surface area contributed by atoms with Crippen LogP contribution in [0.1, 0.15) is 27.2 Å². The molecule has 3 aromatic rings. The van der Waals surface area contributed by atoms with Gasteiger partial charge in [-0.05, 0) is 48.7 Å². The van der Waals surface area contributed by atoms with Crippen LogP contribution in [0.3, 0.4) is 0 Å². The summed E-state index contributed by atoms with van der Waals surface area (Å²) >= 11 is 0. The van der Waals surface area contributed by atoms with E-state index in [1.807, 2.05) is 37.3 Å². The minimum absolute atomic E-state index is 0.210. The maximum Gasteiger partial charge on any atom is 0.270 e. The quantitative estimate of drug-likeness (QED) is 0.664. The first kappa shape index (κ1) is 18.6. The van der Waals surface area contributed by atoms with Gasteiger partial charge in [0.05, 0.1) is 0 Å². The van der Waals surface area contributed by atoms with Crippen molar-refractivity contribution in [2.45, 2.75) is 19.9 Å². The molecule has 0 aliphatic carbocycles. The fourth-order valence-corrected chi connectivity index (χ4v) is 2.76. The highest BCUT2D eigenvalue weighted by Crippen LogP contribution is 2.10. The number of halogens is 1. The van der Waals surface area contributed by atoms with Crippen LogP contribution in [0.4, 0.5) is 10.1 Å². The molecule has 2 N–H and O–H groups in total. The second-order valence-electron chi connectivity index (χ2n) is 6.40. The first-order valence-corrected chi connectivity index (χ1v) is 8.88. The molecule has 1 amide bonds. The maximum atomic E-state index is 12.9. The summed E-state index contributed by atoms with van der Waals surface area (Å²) in [4.78, 5) is 16.5. The Morgan fingerprint density at radius 3 is 2.63 bits per heavy atom. The van der Waals surface area contributed by atoms with E-state index in [0.717, 1.165) is 28.8 Å². The predicted octanol–water partition coefficient (Wildman–Crippen LogP) is 4.11. The second-order valence-corrected chi connectivity index (χ2v) is 6.40. The summed E-state index contributed by atoms with van der Waals surface area (Å²) in [5, 5.41) is 6.16. The van der Waals surface area contributed by atoms with E-state index in [1.165, 1.54) is 12.1 Å². The highest BCUT2D eigenvalue weighted by atomic mass is 19.1. The summed E-state index contributed by atoms with van der Waals surface area (Å²) < 4.78 is 12.9. The lowest BCUT2D eigenvalue weighted by molar-refractivity contribution is 0.0946. The number of amides is 1. The van der Waals surface area contributed by atoms with Crippen LogP contribution in [0.25, 0.3) is 0 Å². The third-order valence-electron chi connectivity index (χ3n) is 4.18. The van der Waals surface area contributed by atoms with Gasteiger partial charge in [-0.2, -0.15) is 0 Å². The molecule has 138 valence electrons. The number of rotatable bonds is 7. The Balaban J connectivity index is 1.53. The van der Waals surface area contributed by atoms with Gasteiger partial charge in [-0.1, -0.05) is 42.0 Å². The van der Waals surface area contributed by atoms with Gasteiger partial charge in [0.1, 0.15) is 11.5 Å². The van der Waals surface area contributed by atoms with Crippen LogP contribution in [0.5, 0.6) is 0 Å². The zero-order valence-corrected chi connectivity index (χ0v) is 15.2. The zero-order valence-electron chi connectivity index (χ0n) is 15.2. The number of benzene rings is 2. The molecule has 0 bridgehead atoms. The minimum atomic E-state index is -0.234. The van der Waals surface area contributed by atoms with E-state index in [1.54, 1.807) is 24.4 Å². The van der Waals surface area contributed by atoms with E-state index in [2.05, 4.69) is 15.6 Å². The SMILES string of the molecule is Cc1cccc(CNC(=O)c2cc(NCCc3ccc(F)cc3)ccn2)c1. The smallest absolute Gasteiger partial charge is 0.270 e. The van der Waals surface area contributed by atoms with Crippen molar-refractivity contribution in [1.82, 2.24) is 10.3 Å². The van der Waals surface area contributed by atoms with Crippen molar-refractivity contribution in [2.24, 2.45) is 0 Å². The zero-order chi connectivity index (χ0) is 19.1. The van der Waals surface area contributed by atoms with Crippen molar-refractivity contribution in [3.05, 3.63) is 95.1 Å². The number of nitrogens with one attached hydrogen (secondary N) is 2. The number of nitrogens with zero attached hydrogens (tertiary/aromatic N) is 1. The monoisotopic (exact) mass is 363 g/mol. The molecule has 27 heavy (non-hydrogen) atoms. The Morgan fingerprint density at radius 1 is 1.04 bits per heavy atom. The molecule has 0 spiro atoms. The van der Waals surface area contributed by atoms with Gasteiger partial charge in [-0.3, -0.25) is 9.78 Å². The lowest BCUT2D eigenvalue weighted by atomic mass is 10.1. The van der Waals surface area contributed by atoms with Crippen LogP contribution in [0.2, 0.25) is 0 Å². The molecule has 0 saturated carbocycles. The average molecular weight is 363 g/mol. The fraction of sp³-hybridized carbons (Fsp3) is 0.182. The molecule has 0 aliphatic rings. The maximum absolute atomic E-state index is 12.9. The van der Waals surface area contributed by atoms with Crippen LogP contribution in [0, 0.1) is 12.7 Å². The highest BCUT2D eigenvalue weighted by molar-refractivity contribution is 5.93. The number of aromatic nitrogens is 1. The normalized spacial score (nSPS) is 10.4. The molecule has 5 heteroatoms. The molecule has 4 nitrogen and oxygen atoms in total. The second kappa shape index (κ2) is 8.94. The van der Waals surface area contributed by atoms with Gasteiger partial charge in [0.25, 0.3) is 5.91 Å².